The van der Waals surface area contributed by atoms with Crippen LogP contribution in [0.1, 0.15) is 11.3 Å². The molecule has 0 saturated carbocycles. The van der Waals surface area contributed by atoms with Gasteiger partial charge in [0, 0.05) is 31.5 Å². The Bertz CT molecular complexity index is 1300. The summed E-state index contributed by atoms with van der Waals surface area (Å²) in [6, 6.07) is 14.0. The normalized spacial score (nSPS) is 16.6. The summed E-state index contributed by atoms with van der Waals surface area (Å²) < 4.78 is 28.2. The number of halogens is 1. The number of carbonyl (C=O) groups is 2. The Morgan fingerprint density at radius 2 is 1.89 bits per heavy atom. The SMILES string of the molecule is Cc1ccc(NC(=O)N2CCN(S(=O)(=O)c3ccc(Cl)s3)C(C(=O)NCc3ccccn3)C2)cc1. The van der Waals surface area contributed by atoms with Crippen LogP contribution in [0.5, 0.6) is 0 Å². The van der Waals surface area contributed by atoms with Gasteiger partial charge in [0.05, 0.1) is 16.6 Å². The van der Waals surface area contributed by atoms with E-state index < -0.39 is 28.0 Å². The van der Waals surface area contributed by atoms with Crippen LogP contribution >= 0.6 is 22.9 Å². The van der Waals surface area contributed by atoms with Crippen LogP contribution in [0.3, 0.4) is 0 Å². The average Bonchev–Trinajstić information content (AvgIpc) is 3.31. The second-order valence-corrected chi connectivity index (χ2v) is 11.8. The number of nitrogens with zero attached hydrogens (tertiary/aromatic N) is 3. The topological polar surface area (TPSA) is 112 Å². The molecule has 1 aliphatic rings. The first-order chi connectivity index (χ1) is 16.7. The monoisotopic (exact) mass is 533 g/mol. The van der Waals surface area contributed by atoms with Crippen LogP contribution in [0.25, 0.3) is 0 Å². The third-order valence-electron chi connectivity index (χ3n) is 5.51. The molecule has 35 heavy (non-hydrogen) atoms. The number of thiophene rings is 1. The van der Waals surface area contributed by atoms with E-state index in [1.54, 1.807) is 36.5 Å². The van der Waals surface area contributed by atoms with Crippen LogP contribution in [-0.2, 0) is 21.4 Å². The number of aryl methyl sites for hydroxylation is 1. The smallest absolute Gasteiger partial charge is 0.321 e. The molecule has 184 valence electrons. The second-order valence-electron chi connectivity index (χ2n) is 7.97. The van der Waals surface area contributed by atoms with Crippen molar-refractivity contribution in [1.29, 1.82) is 0 Å². The number of carbonyl (C=O) groups excluding carboxylic acids is 2. The third kappa shape index (κ3) is 5.99. The first-order valence-corrected chi connectivity index (χ1v) is 13.4. The minimum Gasteiger partial charge on any atom is -0.349 e. The van der Waals surface area contributed by atoms with Crippen LogP contribution in [-0.4, -0.2) is 60.2 Å². The molecule has 12 heteroatoms. The molecule has 0 radical (unpaired) electrons. The molecule has 3 aromatic rings. The molecule has 3 amide bonds. The van der Waals surface area contributed by atoms with E-state index in [9.17, 15) is 18.0 Å². The van der Waals surface area contributed by atoms with Crippen LogP contribution in [0.2, 0.25) is 4.34 Å². The number of urea groups is 1. The molecule has 0 aliphatic carbocycles. The number of hydrogen-bond acceptors (Lipinski definition) is 6. The second kappa shape index (κ2) is 10.7. The van der Waals surface area contributed by atoms with Crippen molar-refractivity contribution >= 4 is 50.6 Å². The zero-order valence-electron chi connectivity index (χ0n) is 18.8. The highest BCUT2D eigenvalue weighted by molar-refractivity contribution is 7.91. The molecule has 1 atom stereocenters. The minimum atomic E-state index is -4.00. The van der Waals surface area contributed by atoms with Gasteiger partial charge in [-0.2, -0.15) is 4.31 Å². The summed E-state index contributed by atoms with van der Waals surface area (Å²) in [5, 5.41) is 5.56. The van der Waals surface area contributed by atoms with E-state index in [-0.39, 0.29) is 30.4 Å². The number of pyridine rings is 1. The highest BCUT2D eigenvalue weighted by atomic mass is 35.5. The van der Waals surface area contributed by atoms with Crippen molar-refractivity contribution in [1.82, 2.24) is 19.5 Å². The Labute approximate surface area is 212 Å². The standard InChI is InChI=1S/C23H24ClN5O4S2/c1-16-5-7-17(8-6-16)27-23(31)28-12-13-29(35(32,33)21-10-9-20(24)34-21)19(15-28)22(30)26-14-18-4-2-3-11-25-18/h2-11,19H,12-15H2,1H3,(H,26,30)(H,27,31). The van der Waals surface area contributed by atoms with E-state index >= 15 is 0 Å². The molecule has 1 fully saturated rings. The first-order valence-electron chi connectivity index (χ1n) is 10.8. The van der Waals surface area contributed by atoms with E-state index in [1.807, 2.05) is 19.1 Å². The summed E-state index contributed by atoms with van der Waals surface area (Å²) in [6.45, 7) is 2.05. The number of anilines is 1. The summed E-state index contributed by atoms with van der Waals surface area (Å²) in [5.41, 5.74) is 2.30. The van der Waals surface area contributed by atoms with Gasteiger partial charge in [-0.1, -0.05) is 35.4 Å². The number of aromatic nitrogens is 1. The summed E-state index contributed by atoms with van der Waals surface area (Å²) in [6.07, 6.45) is 1.61. The lowest BCUT2D eigenvalue weighted by atomic mass is 10.2. The number of hydrogen-bond donors (Lipinski definition) is 2. The van der Waals surface area contributed by atoms with Crippen LogP contribution in [0.4, 0.5) is 10.5 Å². The Hall–Kier alpha value is -2.99. The van der Waals surface area contributed by atoms with Crippen molar-refractivity contribution in [3.05, 3.63) is 76.4 Å². The Balaban J connectivity index is 1.54. The van der Waals surface area contributed by atoms with Crippen molar-refractivity contribution in [2.75, 3.05) is 25.0 Å². The van der Waals surface area contributed by atoms with E-state index in [1.165, 1.54) is 17.0 Å². The van der Waals surface area contributed by atoms with Gasteiger partial charge in [0.2, 0.25) is 5.91 Å². The lowest BCUT2D eigenvalue weighted by molar-refractivity contribution is -0.126. The van der Waals surface area contributed by atoms with E-state index in [0.29, 0.717) is 15.7 Å². The van der Waals surface area contributed by atoms with Gasteiger partial charge >= 0.3 is 6.03 Å². The van der Waals surface area contributed by atoms with E-state index in [0.717, 1.165) is 21.2 Å². The van der Waals surface area contributed by atoms with E-state index in [2.05, 4.69) is 15.6 Å². The van der Waals surface area contributed by atoms with E-state index in [4.69, 9.17) is 11.6 Å². The Morgan fingerprint density at radius 1 is 1.11 bits per heavy atom. The summed E-state index contributed by atoms with van der Waals surface area (Å²) >= 11 is 6.89. The fraction of sp³-hybridized carbons (Fsp3) is 0.261. The number of sulfonamides is 1. The van der Waals surface area contributed by atoms with Crippen LogP contribution < -0.4 is 10.6 Å². The molecule has 0 spiro atoms. The van der Waals surface area contributed by atoms with Crippen LogP contribution in [0.15, 0.2) is 65.0 Å². The Morgan fingerprint density at radius 3 is 2.54 bits per heavy atom. The van der Waals surface area contributed by atoms with Gasteiger partial charge in [0.15, 0.2) is 0 Å². The van der Waals surface area contributed by atoms with Gasteiger partial charge in [-0.15, -0.1) is 11.3 Å². The lowest BCUT2D eigenvalue weighted by Gasteiger charge is -2.39. The zero-order chi connectivity index (χ0) is 25.0. The number of benzene rings is 1. The molecular formula is C23H24ClN5O4S2. The molecule has 2 aromatic heterocycles. The highest BCUT2D eigenvalue weighted by Gasteiger charge is 2.42. The summed E-state index contributed by atoms with van der Waals surface area (Å²) in [7, 11) is -4.00. The van der Waals surface area contributed by atoms with Crippen LogP contribution in [0, 0.1) is 6.92 Å². The quantitative estimate of drug-likeness (QED) is 0.505. The molecule has 1 aliphatic heterocycles. The molecule has 1 saturated heterocycles. The number of amides is 3. The maximum absolute atomic E-state index is 13.4. The number of nitrogens with one attached hydrogen (secondary N) is 2. The maximum Gasteiger partial charge on any atom is 0.321 e. The number of rotatable bonds is 6. The zero-order valence-corrected chi connectivity index (χ0v) is 21.2. The molecule has 2 N–H and O–H groups in total. The van der Waals surface area contributed by atoms with Gasteiger partial charge in [0.1, 0.15) is 10.3 Å². The molecule has 3 heterocycles. The van der Waals surface area contributed by atoms with Crippen molar-refractivity contribution < 1.29 is 18.0 Å². The third-order valence-corrected chi connectivity index (χ3v) is 9.11. The van der Waals surface area contributed by atoms with Gasteiger partial charge in [-0.25, -0.2) is 13.2 Å². The fourth-order valence-corrected chi connectivity index (χ4v) is 6.82. The largest absolute Gasteiger partial charge is 0.349 e. The predicted molar refractivity (Wildman–Crippen MR) is 135 cm³/mol. The average molecular weight is 534 g/mol. The summed E-state index contributed by atoms with van der Waals surface area (Å²) in [4.78, 5) is 31.7. The minimum absolute atomic E-state index is 0.0408. The summed E-state index contributed by atoms with van der Waals surface area (Å²) in [5.74, 6) is -0.519. The lowest BCUT2D eigenvalue weighted by Crippen LogP contribution is -2.61. The Kier molecular flexibility index (Phi) is 7.70. The molecular weight excluding hydrogens is 510 g/mol. The van der Waals surface area contributed by atoms with Crippen molar-refractivity contribution in [3.63, 3.8) is 0 Å². The number of piperazine rings is 1. The van der Waals surface area contributed by atoms with Crippen molar-refractivity contribution in [3.8, 4) is 0 Å². The first kappa shape index (κ1) is 25.1. The van der Waals surface area contributed by atoms with Crippen molar-refractivity contribution in [2.45, 2.75) is 23.7 Å². The fourth-order valence-electron chi connectivity index (χ4n) is 3.64. The predicted octanol–water partition coefficient (Wildman–Crippen LogP) is 3.33. The molecule has 1 aromatic carbocycles. The molecule has 1 unspecified atom stereocenters. The highest BCUT2D eigenvalue weighted by Crippen LogP contribution is 2.30. The van der Waals surface area contributed by atoms with Crippen molar-refractivity contribution in [2.24, 2.45) is 0 Å². The maximum atomic E-state index is 13.4. The van der Waals surface area contributed by atoms with Gasteiger partial charge in [0.25, 0.3) is 10.0 Å². The molecule has 4 rings (SSSR count). The molecule has 9 nitrogen and oxygen atoms in total. The van der Waals surface area contributed by atoms with Gasteiger partial charge < -0.3 is 15.5 Å². The van der Waals surface area contributed by atoms with Gasteiger partial charge in [-0.05, 0) is 43.3 Å². The van der Waals surface area contributed by atoms with Gasteiger partial charge in [-0.3, -0.25) is 9.78 Å². The molecule has 0 bridgehead atoms.